The third-order valence-electron chi connectivity index (χ3n) is 5.04. The van der Waals surface area contributed by atoms with Gasteiger partial charge in [0.25, 0.3) is 0 Å². The second kappa shape index (κ2) is 9.56. The minimum Gasteiger partial charge on any atom is -0.454 e. The second-order valence-corrected chi connectivity index (χ2v) is 8.55. The maximum Gasteiger partial charge on any atom is 0.231 e. The number of nitrogens with zero attached hydrogens (tertiary/aromatic N) is 3. The lowest BCUT2D eigenvalue weighted by atomic mass is 10.2. The Bertz CT molecular complexity index is 1300. The molecule has 9 heteroatoms. The van der Waals surface area contributed by atoms with Crippen molar-refractivity contribution >= 4 is 29.3 Å². The van der Waals surface area contributed by atoms with Gasteiger partial charge >= 0.3 is 0 Å². The summed E-state index contributed by atoms with van der Waals surface area (Å²) in [5.74, 6) is 2.10. The number of amides is 1. The summed E-state index contributed by atoms with van der Waals surface area (Å²) in [5.41, 5.74) is 2.61. The van der Waals surface area contributed by atoms with Gasteiger partial charge in [0.05, 0.1) is 5.75 Å². The van der Waals surface area contributed by atoms with Gasteiger partial charge in [-0.25, -0.2) is 0 Å². The Labute approximate surface area is 199 Å². The van der Waals surface area contributed by atoms with E-state index in [1.54, 1.807) is 6.07 Å². The lowest BCUT2D eigenvalue weighted by molar-refractivity contribution is -0.118. The molecule has 1 aromatic heterocycles. The largest absolute Gasteiger partial charge is 0.454 e. The zero-order chi connectivity index (χ0) is 22.6. The Morgan fingerprint density at radius 1 is 1.00 bits per heavy atom. The molecule has 0 spiro atoms. The molecule has 0 unspecified atom stereocenters. The van der Waals surface area contributed by atoms with Crippen LogP contribution >= 0.6 is 23.4 Å². The molecule has 166 valence electrons. The molecule has 33 heavy (non-hydrogen) atoms. The van der Waals surface area contributed by atoms with Crippen molar-refractivity contribution in [3.05, 3.63) is 83.4 Å². The van der Waals surface area contributed by atoms with Crippen LogP contribution in [0.15, 0.2) is 78.0 Å². The summed E-state index contributed by atoms with van der Waals surface area (Å²) in [6, 6.07) is 22.9. The highest BCUT2D eigenvalue weighted by Gasteiger charge is 2.20. The molecular weight excluding hydrogens is 460 g/mol. The van der Waals surface area contributed by atoms with E-state index < -0.39 is 0 Å². The molecule has 0 fully saturated rings. The van der Waals surface area contributed by atoms with Gasteiger partial charge in [0.2, 0.25) is 12.7 Å². The van der Waals surface area contributed by atoms with Crippen molar-refractivity contribution in [2.75, 3.05) is 12.5 Å². The van der Waals surface area contributed by atoms with E-state index in [9.17, 15) is 4.79 Å². The van der Waals surface area contributed by atoms with Gasteiger partial charge in [-0.05, 0) is 42.0 Å². The van der Waals surface area contributed by atoms with Crippen molar-refractivity contribution in [3.63, 3.8) is 0 Å². The van der Waals surface area contributed by atoms with Gasteiger partial charge in [0.15, 0.2) is 22.5 Å². The van der Waals surface area contributed by atoms with Gasteiger partial charge in [-0.15, -0.1) is 10.2 Å². The molecule has 1 N–H and O–H groups in total. The molecule has 0 atom stereocenters. The molecule has 0 saturated carbocycles. The first-order chi connectivity index (χ1) is 16.2. The first-order valence-corrected chi connectivity index (χ1v) is 11.6. The number of para-hydroxylation sites is 1. The smallest absolute Gasteiger partial charge is 0.231 e. The number of rotatable bonds is 7. The topological polar surface area (TPSA) is 78.3 Å². The van der Waals surface area contributed by atoms with Gasteiger partial charge in [-0.3, -0.25) is 9.36 Å². The van der Waals surface area contributed by atoms with E-state index in [-0.39, 0.29) is 18.5 Å². The molecule has 0 bridgehead atoms. The summed E-state index contributed by atoms with van der Waals surface area (Å²) in [6.07, 6.45) is 0. The monoisotopic (exact) mass is 478 g/mol. The number of nitrogens with one attached hydrogen (secondary N) is 1. The summed E-state index contributed by atoms with van der Waals surface area (Å²) in [7, 11) is 0. The Balaban J connectivity index is 1.36. The Morgan fingerprint density at radius 2 is 1.79 bits per heavy atom. The number of benzene rings is 3. The zero-order valence-corrected chi connectivity index (χ0v) is 19.0. The molecule has 7 nitrogen and oxygen atoms in total. The van der Waals surface area contributed by atoms with Gasteiger partial charge in [0, 0.05) is 22.8 Å². The van der Waals surface area contributed by atoms with Crippen LogP contribution < -0.4 is 14.8 Å². The van der Waals surface area contributed by atoms with E-state index in [1.165, 1.54) is 11.8 Å². The first-order valence-electron chi connectivity index (χ1n) is 10.2. The van der Waals surface area contributed by atoms with Crippen LogP contribution in [-0.2, 0) is 11.3 Å². The van der Waals surface area contributed by atoms with Crippen molar-refractivity contribution in [2.45, 2.75) is 11.7 Å². The number of ether oxygens (including phenoxy) is 2. The molecule has 1 amide bonds. The standard InChI is InChI=1S/C24H19ClN4O3S/c25-19-9-5-4-6-17(19)13-26-22(30)14-33-24-28-27-23(29(24)18-7-2-1-3-8-18)16-10-11-20-21(12-16)32-15-31-20/h1-12H,13-15H2,(H,26,30). The van der Waals surface area contributed by atoms with Crippen LogP contribution in [0.4, 0.5) is 0 Å². The van der Waals surface area contributed by atoms with Crippen molar-refractivity contribution < 1.29 is 14.3 Å². The quantitative estimate of drug-likeness (QED) is 0.387. The number of carbonyl (C=O) groups is 1. The fourth-order valence-corrected chi connectivity index (χ4v) is 4.40. The highest BCUT2D eigenvalue weighted by Crippen LogP contribution is 2.37. The number of hydrogen-bond donors (Lipinski definition) is 1. The van der Waals surface area contributed by atoms with Crippen LogP contribution in [0.1, 0.15) is 5.56 Å². The van der Waals surface area contributed by atoms with Crippen LogP contribution in [0, 0.1) is 0 Å². The molecule has 0 radical (unpaired) electrons. The molecule has 4 aromatic rings. The summed E-state index contributed by atoms with van der Waals surface area (Å²) in [4.78, 5) is 12.5. The summed E-state index contributed by atoms with van der Waals surface area (Å²) in [6.45, 7) is 0.571. The molecule has 3 aromatic carbocycles. The maximum atomic E-state index is 12.5. The average Bonchev–Trinajstić information content (AvgIpc) is 3.49. The number of hydrogen-bond acceptors (Lipinski definition) is 6. The van der Waals surface area contributed by atoms with Crippen LogP contribution in [0.25, 0.3) is 17.1 Å². The molecule has 0 saturated heterocycles. The number of fused-ring (bicyclic) bond motifs is 1. The van der Waals surface area contributed by atoms with Crippen LogP contribution in [0.2, 0.25) is 5.02 Å². The van der Waals surface area contributed by atoms with Gasteiger partial charge in [-0.1, -0.05) is 59.8 Å². The van der Waals surface area contributed by atoms with Gasteiger partial charge in [0.1, 0.15) is 0 Å². The van der Waals surface area contributed by atoms with E-state index in [1.807, 2.05) is 71.3 Å². The minimum absolute atomic E-state index is 0.118. The van der Waals surface area contributed by atoms with E-state index in [2.05, 4.69) is 15.5 Å². The van der Waals surface area contributed by atoms with Crippen LogP contribution in [0.5, 0.6) is 11.5 Å². The Morgan fingerprint density at radius 3 is 2.64 bits per heavy atom. The van der Waals surface area contributed by atoms with Crippen molar-refractivity contribution in [1.82, 2.24) is 20.1 Å². The predicted molar refractivity (Wildman–Crippen MR) is 127 cm³/mol. The fraction of sp³-hybridized carbons (Fsp3) is 0.125. The lowest BCUT2D eigenvalue weighted by Gasteiger charge is -2.11. The van der Waals surface area contributed by atoms with Crippen LogP contribution in [-0.4, -0.2) is 33.2 Å². The number of aromatic nitrogens is 3. The highest BCUT2D eigenvalue weighted by molar-refractivity contribution is 7.99. The lowest BCUT2D eigenvalue weighted by Crippen LogP contribution is -2.24. The first kappa shape index (κ1) is 21.4. The van der Waals surface area contributed by atoms with E-state index >= 15 is 0 Å². The molecule has 1 aliphatic heterocycles. The number of thioether (sulfide) groups is 1. The SMILES string of the molecule is O=C(CSc1nnc(-c2ccc3c(c2)OCO3)n1-c1ccccc1)NCc1ccccc1Cl. The maximum absolute atomic E-state index is 12.5. The summed E-state index contributed by atoms with van der Waals surface area (Å²) >= 11 is 7.49. The average molecular weight is 479 g/mol. The van der Waals surface area contributed by atoms with E-state index in [4.69, 9.17) is 21.1 Å². The molecule has 1 aliphatic rings. The normalized spacial score (nSPS) is 12.0. The zero-order valence-electron chi connectivity index (χ0n) is 17.4. The number of halogens is 1. The third kappa shape index (κ3) is 4.67. The molecule has 2 heterocycles. The molecule has 0 aliphatic carbocycles. The van der Waals surface area contributed by atoms with Crippen molar-refractivity contribution in [1.29, 1.82) is 0 Å². The van der Waals surface area contributed by atoms with Crippen LogP contribution in [0.3, 0.4) is 0 Å². The number of carbonyl (C=O) groups excluding carboxylic acids is 1. The summed E-state index contributed by atoms with van der Waals surface area (Å²) in [5, 5.41) is 12.9. The minimum atomic E-state index is -0.118. The molecular formula is C24H19ClN4O3S. The van der Waals surface area contributed by atoms with Gasteiger partial charge in [-0.2, -0.15) is 0 Å². The molecule has 5 rings (SSSR count). The Kier molecular flexibility index (Phi) is 6.19. The van der Waals surface area contributed by atoms with Crippen molar-refractivity contribution in [3.8, 4) is 28.6 Å². The predicted octanol–water partition coefficient (Wildman–Crippen LogP) is 4.72. The Hall–Kier alpha value is -3.49. The third-order valence-corrected chi connectivity index (χ3v) is 6.34. The second-order valence-electron chi connectivity index (χ2n) is 7.20. The summed E-state index contributed by atoms with van der Waals surface area (Å²) < 4.78 is 12.9. The fourth-order valence-electron chi connectivity index (χ4n) is 3.41. The van der Waals surface area contributed by atoms with E-state index in [0.717, 1.165) is 16.8 Å². The van der Waals surface area contributed by atoms with E-state index in [0.29, 0.717) is 34.0 Å². The van der Waals surface area contributed by atoms with Crippen molar-refractivity contribution in [2.24, 2.45) is 0 Å². The van der Waals surface area contributed by atoms with Gasteiger partial charge < -0.3 is 14.8 Å². The highest BCUT2D eigenvalue weighted by atomic mass is 35.5.